The van der Waals surface area contributed by atoms with E-state index in [4.69, 9.17) is 9.47 Å². The van der Waals surface area contributed by atoms with Gasteiger partial charge in [-0.1, -0.05) is 6.07 Å². The number of halogens is 4. The van der Waals surface area contributed by atoms with E-state index in [0.717, 1.165) is 12.1 Å². The standard InChI is InChI=1S/C12H15F4NO2/c1-18-11(19-2)7-17-6-8-3-4-9(13)5-10(8)12(14,15)16/h3-5,11,17H,6-7H2,1-2H3. The summed E-state index contributed by atoms with van der Waals surface area (Å²) in [6.45, 7) is 0.167. The quantitative estimate of drug-likeness (QED) is 0.642. The summed E-state index contributed by atoms with van der Waals surface area (Å²) in [6, 6.07) is 2.59. The zero-order valence-corrected chi connectivity index (χ0v) is 10.6. The Morgan fingerprint density at radius 3 is 2.37 bits per heavy atom. The number of alkyl halides is 3. The Kier molecular flexibility index (Phi) is 5.71. The van der Waals surface area contributed by atoms with Gasteiger partial charge in [-0.25, -0.2) is 4.39 Å². The monoisotopic (exact) mass is 281 g/mol. The van der Waals surface area contributed by atoms with Gasteiger partial charge in [0.15, 0.2) is 6.29 Å². The second kappa shape index (κ2) is 6.83. The Hall–Kier alpha value is -1.18. The van der Waals surface area contributed by atoms with Crippen LogP contribution in [0.25, 0.3) is 0 Å². The van der Waals surface area contributed by atoms with Crippen molar-refractivity contribution in [3.8, 4) is 0 Å². The smallest absolute Gasteiger partial charge is 0.355 e. The fraction of sp³-hybridized carbons (Fsp3) is 0.500. The summed E-state index contributed by atoms with van der Waals surface area (Å²) in [7, 11) is 2.85. The minimum atomic E-state index is -4.58. The van der Waals surface area contributed by atoms with E-state index in [0.29, 0.717) is 6.07 Å². The van der Waals surface area contributed by atoms with Crippen LogP contribution >= 0.6 is 0 Å². The molecule has 0 saturated heterocycles. The SMILES string of the molecule is COC(CNCc1ccc(F)cc1C(F)(F)F)OC. The second-order valence-electron chi connectivity index (χ2n) is 3.83. The maximum absolute atomic E-state index is 12.9. The van der Waals surface area contributed by atoms with Crippen LogP contribution in [0.4, 0.5) is 17.6 Å². The first-order valence-corrected chi connectivity index (χ1v) is 5.50. The first-order valence-electron chi connectivity index (χ1n) is 5.50. The van der Waals surface area contributed by atoms with Gasteiger partial charge < -0.3 is 14.8 Å². The van der Waals surface area contributed by atoms with Crippen molar-refractivity contribution in [2.75, 3.05) is 20.8 Å². The molecule has 19 heavy (non-hydrogen) atoms. The third kappa shape index (κ3) is 4.77. The lowest BCUT2D eigenvalue weighted by atomic mass is 10.1. The minimum absolute atomic E-state index is 0.0279. The average Bonchev–Trinajstić information content (AvgIpc) is 2.35. The molecule has 1 aromatic carbocycles. The van der Waals surface area contributed by atoms with Gasteiger partial charge in [-0.3, -0.25) is 0 Å². The fourth-order valence-corrected chi connectivity index (χ4v) is 1.55. The van der Waals surface area contributed by atoms with E-state index in [9.17, 15) is 17.6 Å². The third-order valence-corrected chi connectivity index (χ3v) is 2.53. The summed E-state index contributed by atoms with van der Waals surface area (Å²) in [5.41, 5.74) is -1.01. The van der Waals surface area contributed by atoms with Crippen LogP contribution < -0.4 is 5.32 Å². The van der Waals surface area contributed by atoms with Gasteiger partial charge in [0.05, 0.1) is 5.56 Å². The Balaban J connectivity index is 2.73. The lowest BCUT2D eigenvalue weighted by molar-refractivity contribution is -0.138. The third-order valence-electron chi connectivity index (χ3n) is 2.53. The second-order valence-corrected chi connectivity index (χ2v) is 3.83. The summed E-state index contributed by atoms with van der Waals surface area (Å²) in [5.74, 6) is -0.914. The maximum atomic E-state index is 12.9. The molecule has 0 unspecified atom stereocenters. The van der Waals surface area contributed by atoms with E-state index in [1.807, 2.05) is 0 Å². The molecule has 0 heterocycles. The molecule has 0 aliphatic rings. The molecule has 0 atom stereocenters. The number of hydrogen-bond acceptors (Lipinski definition) is 3. The predicted molar refractivity (Wildman–Crippen MR) is 60.9 cm³/mol. The molecule has 3 nitrogen and oxygen atoms in total. The summed E-state index contributed by atoms with van der Waals surface area (Å²) in [5, 5.41) is 2.76. The van der Waals surface area contributed by atoms with Gasteiger partial charge in [-0.2, -0.15) is 13.2 Å². The molecule has 0 saturated carbocycles. The number of benzene rings is 1. The molecule has 1 N–H and O–H groups in total. The molecule has 108 valence electrons. The van der Waals surface area contributed by atoms with Crippen LogP contribution in [0, 0.1) is 5.82 Å². The Morgan fingerprint density at radius 2 is 1.84 bits per heavy atom. The van der Waals surface area contributed by atoms with Crippen molar-refractivity contribution >= 4 is 0 Å². The highest BCUT2D eigenvalue weighted by Crippen LogP contribution is 2.32. The van der Waals surface area contributed by atoms with Crippen molar-refractivity contribution in [2.24, 2.45) is 0 Å². The maximum Gasteiger partial charge on any atom is 0.416 e. The molecular formula is C12H15F4NO2. The lowest BCUT2D eigenvalue weighted by Crippen LogP contribution is -2.30. The Morgan fingerprint density at radius 1 is 1.21 bits per heavy atom. The van der Waals surface area contributed by atoms with Crippen LogP contribution in [0.3, 0.4) is 0 Å². The van der Waals surface area contributed by atoms with E-state index in [2.05, 4.69) is 5.32 Å². The number of methoxy groups -OCH3 is 2. The molecule has 1 aromatic rings. The van der Waals surface area contributed by atoms with Crippen molar-refractivity contribution in [3.63, 3.8) is 0 Å². The zero-order valence-electron chi connectivity index (χ0n) is 10.6. The van der Waals surface area contributed by atoms with Gasteiger partial charge in [0, 0.05) is 27.3 Å². The summed E-state index contributed by atoms with van der Waals surface area (Å²) in [6.07, 6.45) is -5.13. The molecule has 0 radical (unpaired) electrons. The average molecular weight is 281 g/mol. The fourth-order valence-electron chi connectivity index (χ4n) is 1.55. The predicted octanol–water partition coefficient (Wildman–Crippen LogP) is 2.55. The number of ether oxygens (including phenoxy) is 2. The van der Waals surface area contributed by atoms with Gasteiger partial charge in [0.2, 0.25) is 0 Å². The molecule has 0 aromatic heterocycles. The summed E-state index contributed by atoms with van der Waals surface area (Å²) >= 11 is 0. The molecular weight excluding hydrogens is 266 g/mol. The van der Waals surface area contributed by atoms with Crippen LogP contribution in [0.2, 0.25) is 0 Å². The number of rotatable bonds is 6. The van der Waals surface area contributed by atoms with Crippen molar-refractivity contribution < 1.29 is 27.0 Å². The van der Waals surface area contributed by atoms with Crippen LogP contribution in [-0.4, -0.2) is 27.1 Å². The van der Waals surface area contributed by atoms with Gasteiger partial charge in [0.25, 0.3) is 0 Å². The van der Waals surface area contributed by atoms with Gasteiger partial charge in [0.1, 0.15) is 5.82 Å². The van der Waals surface area contributed by atoms with Gasteiger partial charge >= 0.3 is 6.18 Å². The molecule has 0 aliphatic carbocycles. The van der Waals surface area contributed by atoms with Gasteiger partial charge in [-0.05, 0) is 17.7 Å². The molecule has 0 fully saturated rings. The van der Waals surface area contributed by atoms with Crippen LogP contribution in [0.15, 0.2) is 18.2 Å². The van der Waals surface area contributed by atoms with E-state index in [1.54, 1.807) is 0 Å². The highest BCUT2D eigenvalue weighted by atomic mass is 19.4. The van der Waals surface area contributed by atoms with E-state index < -0.39 is 23.8 Å². The van der Waals surface area contributed by atoms with E-state index in [-0.39, 0.29) is 18.7 Å². The lowest BCUT2D eigenvalue weighted by Gasteiger charge is -2.16. The van der Waals surface area contributed by atoms with Crippen molar-refractivity contribution in [1.82, 2.24) is 5.32 Å². The molecule has 0 spiro atoms. The van der Waals surface area contributed by atoms with Crippen molar-refractivity contribution in [1.29, 1.82) is 0 Å². The van der Waals surface area contributed by atoms with Crippen molar-refractivity contribution in [2.45, 2.75) is 19.0 Å². The number of hydrogen-bond donors (Lipinski definition) is 1. The first-order chi connectivity index (χ1) is 8.88. The minimum Gasteiger partial charge on any atom is -0.355 e. The molecule has 0 bridgehead atoms. The molecule has 1 rings (SSSR count). The van der Waals surface area contributed by atoms with Gasteiger partial charge in [-0.15, -0.1) is 0 Å². The van der Waals surface area contributed by atoms with E-state index >= 15 is 0 Å². The molecule has 0 aliphatic heterocycles. The first kappa shape index (κ1) is 15.9. The van der Waals surface area contributed by atoms with Crippen LogP contribution in [0.5, 0.6) is 0 Å². The number of nitrogens with one attached hydrogen (secondary N) is 1. The zero-order chi connectivity index (χ0) is 14.5. The largest absolute Gasteiger partial charge is 0.416 e. The Labute approximate surface area is 108 Å². The highest BCUT2D eigenvalue weighted by Gasteiger charge is 2.33. The van der Waals surface area contributed by atoms with E-state index in [1.165, 1.54) is 14.2 Å². The topological polar surface area (TPSA) is 30.5 Å². The summed E-state index contributed by atoms with van der Waals surface area (Å²) < 4.78 is 60.8. The van der Waals surface area contributed by atoms with Crippen LogP contribution in [-0.2, 0) is 22.2 Å². The van der Waals surface area contributed by atoms with Crippen LogP contribution in [0.1, 0.15) is 11.1 Å². The highest BCUT2D eigenvalue weighted by molar-refractivity contribution is 5.30. The van der Waals surface area contributed by atoms with Crippen molar-refractivity contribution in [3.05, 3.63) is 35.1 Å². The normalized spacial score (nSPS) is 12.2. The Bertz CT molecular complexity index is 405. The summed E-state index contributed by atoms with van der Waals surface area (Å²) in [4.78, 5) is 0. The molecule has 7 heteroatoms. The molecule has 0 amide bonds.